The van der Waals surface area contributed by atoms with E-state index in [-0.39, 0.29) is 53.1 Å². The Morgan fingerprint density at radius 3 is 0.990 bits per heavy atom. The molecular weight excluding hydrogens is 1510 g/mol. The first-order valence-corrected chi connectivity index (χ1v) is 35.5. The highest BCUT2D eigenvalue weighted by atomic mass is 32.2. The first-order chi connectivity index (χ1) is 48.1. The number of carboxylic acid groups (broad SMARTS) is 1. The number of hydrogen-bond acceptors (Lipinski definition) is 17. The molecule has 3 heterocycles. The standard InChI is InChI=1S/C24H21F6NO3S2.C23H21F4NO3S2.C22H17F6NO3S2/c1-4-33-21(32)11-34-19-6-5-18(7-13(19)2)35-12-20-14(3)31-22(36-20)15-8-16(23(25,26)27)10-17(9-15)24(28,29)30;1-4-30-21(29)11-31-19-8-6-16(9-13(19)2)32-12-20-14(3)28-22(33-20)15-5-7-17(18(24)10-15)23(25,26)27;1-11-5-16(3-4-17(11)32-9-19(30)31)33-10-18-12(2)29-20(34-18)13-6-14(21(23,24)25)8-15(7-13)22(26,27)28/h5-10H,4,11-12H2,1-3H3;5-10H,4,11-12H2,1-3H3;3-8H,9-10H2,1-2H3,(H,30,31). The predicted octanol–water partition coefficient (Wildman–Crippen LogP) is 21.7. The van der Waals surface area contributed by atoms with E-state index in [1.165, 1.54) is 40.9 Å². The van der Waals surface area contributed by atoms with Gasteiger partial charge in [0, 0.05) is 63.3 Å². The van der Waals surface area contributed by atoms with Crippen LogP contribution in [0.15, 0.2) is 124 Å². The summed E-state index contributed by atoms with van der Waals surface area (Å²) in [5.41, 5.74) is -2.84. The highest BCUT2D eigenvalue weighted by Crippen LogP contribution is 2.45. The molecule has 552 valence electrons. The van der Waals surface area contributed by atoms with Gasteiger partial charge in [0.05, 0.1) is 58.1 Å². The second kappa shape index (κ2) is 35.2. The Hall–Kier alpha value is -8.05. The SMILES string of the molecule is CCOC(=O)COc1ccc(SCc2sc(-c3cc(C(F)(F)F)cc(C(F)(F)F)c3)nc2C)cc1C.CCOC(=O)COc1ccc(SCc2sc(-c3ccc(C(F)(F)F)c(F)c3)nc2C)cc1C.Cc1cc(SCc2sc(-c3cc(C(F)(F)F)cc(C(F)(F)F)c3)nc2C)ccc1OCC(=O)O. The molecule has 0 atom stereocenters. The molecule has 0 fully saturated rings. The first kappa shape index (κ1) is 82.2. The van der Waals surface area contributed by atoms with Crippen LogP contribution >= 0.6 is 69.3 Å². The third kappa shape index (κ3) is 24.0. The topological polar surface area (TPSA) is 156 Å². The van der Waals surface area contributed by atoms with Crippen LogP contribution in [-0.4, -0.2) is 71.0 Å². The average molecular weight is 1570 g/mol. The van der Waals surface area contributed by atoms with E-state index in [4.69, 9.17) is 28.8 Å². The van der Waals surface area contributed by atoms with E-state index in [0.717, 1.165) is 81.6 Å². The highest BCUT2D eigenvalue weighted by molar-refractivity contribution is 7.99. The lowest BCUT2D eigenvalue weighted by molar-refractivity contribution is -0.146. The highest BCUT2D eigenvalue weighted by Gasteiger charge is 2.39. The van der Waals surface area contributed by atoms with Gasteiger partial charge in [0.2, 0.25) is 0 Å². The minimum Gasteiger partial charge on any atom is -0.482 e. The van der Waals surface area contributed by atoms with Gasteiger partial charge < -0.3 is 28.8 Å². The number of aryl methyl sites for hydroxylation is 6. The number of rotatable bonds is 23. The minimum absolute atomic E-state index is 0.0679. The van der Waals surface area contributed by atoms with Crippen molar-refractivity contribution in [3.8, 4) is 49.0 Å². The number of carbonyl (C=O) groups excluding carboxylic acids is 2. The number of carboxylic acids is 1. The molecule has 0 saturated heterocycles. The summed E-state index contributed by atoms with van der Waals surface area (Å²) >= 11 is 7.79. The summed E-state index contributed by atoms with van der Waals surface area (Å²) in [6.07, 6.45) is -24.4. The molecule has 0 unspecified atom stereocenters. The van der Waals surface area contributed by atoms with Crippen LogP contribution in [0.3, 0.4) is 0 Å². The van der Waals surface area contributed by atoms with E-state index in [9.17, 15) is 84.6 Å². The molecule has 12 nitrogen and oxygen atoms in total. The van der Waals surface area contributed by atoms with Crippen LogP contribution in [0.25, 0.3) is 31.7 Å². The van der Waals surface area contributed by atoms with E-state index in [0.29, 0.717) is 92.2 Å². The molecule has 0 amide bonds. The van der Waals surface area contributed by atoms with Gasteiger partial charge in [0.1, 0.15) is 38.1 Å². The summed E-state index contributed by atoms with van der Waals surface area (Å²) in [5.74, 6) is -0.387. The number of esters is 2. The fourth-order valence-electron chi connectivity index (χ4n) is 8.98. The number of carbonyl (C=O) groups is 3. The molecule has 34 heteroatoms. The van der Waals surface area contributed by atoms with Crippen molar-refractivity contribution in [2.75, 3.05) is 33.0 Å². The summed E-state index contributed by atoms with van der Waals surface area (Å²) in [4.78, 5) is 51.4. The Morgan fingerprint density at radius 1 is 0.408 bits per heavy atom. The number of halogens is 16. The first-order valence-electron chi connectivity index (χ1n) is 30.1. The van der Waals surface area contributed by atoms with E-state index in [2.05, 4.69) is 15.0 Å². The van der Waals surface area contributed by atoms with Crippen LogP contribution in [-0.2, 0) is 72.0 Å². The molecule has 103 heavy (non-hydrogen) atoms. The van der Waals surface area contributed by atoms with Crippen molar-refractivity contribution in [3.05, 3.63) is 191 Å². The van der Waals surface area contributed by atoms with Crippen LogP contribution in [0, 0.1) is 47.4 Å². The molecule has 9 rings (SSSR count). The molecule has 0 radical (unpaired) electrons. The van der Waals surface area contributed by atoms with Crippen molar-refractivity contribution >= 4 is 87.2 Å². The largest absolute Gasteiger partial charge is 0.482 e. The van der Waals surface area contributed by atoms with Crippen molar-refractivity contribution in [2.24, 2.45) is 0 Å². The Kier molecular flexibility index (Phi) is 28.1. The van der Waals surface area contributed by atoms with Crippen molar-refractivity contribution in [2.45, 2.75) is 118 Å². The molecular formula is C69H59F16N3O9S6. The number of aromatic nitrogens is 3. The van der Waals surface area contributed by atoms with Crippen LogP contribution in [0.2, 0.25) is 0 Å². The Morgan fingerprint density at radius 2 is 0.718 bits per heavy atom. The number of alkyl halides is 15. The molecule has 1 N–H and O–H groups in total. The van der Waals surface area contributed by atoms with Gasteiger partial charge in [-0.3, -0.25) is 0 Å². The maximum atomic E-state index is 13.9. The maximum absolute atomic E-state index is 13.9. The molecule has 3 aromatic heterocycles. The summed E-state index contributed by atoms with van der Waals surface area (Å²) < 4.78 is 236. The quantitative estimate of drug-likeness (QED) is 0.0366. The van der Waals surface area contributed by atoms with Crippen molar-refractivity contribution < 1.29 is 113 Å². The van der Waals surface area contributed by atoms with Crippen molar-refractivity contribution in [1.82, 2.24) is 15.0 Å². The van der Waals surface area contributed by atoms with Gasteiger partial charge in [-0.25, -0.2) is 33.7 Å². The van der Waals surface area contributed by atoms with Gasteiger partial charge in [0.15, 0.2) is 19.8 Å². The molecule has 0 aliphatic carbocycles. The Labute approximate surface area is 603 Å². The van der Waals surface area contributed by atoms with Crippen LogP contribution < -0.4 is 14.2 Å². The number of nitrogens with zero attached hydrogens (tertiary/aromatic N) is 3. The summed E-state index contributed by atoms with van der Waals surface area (Å²) in [5, 5.41) is 9.32. The zero-order valence-electron chi connectivity index (χ0n) is 55.1. The fourth-order valence-corrected chi connectivity index (χ4v) is 15.6. The lowest BCUT2D eigenvalue weighted by atomic mass is 10.1. The monoisotopic (exact) mass is 1570 g/mol. The summed E-state index contributed by atoms with van der Waals surface area (Å²) in [6, 6.07) is 21.9. The zero-order valence-corrected chi connectivity index (χ0v) is 60.0. The number of ether oxygens (including phenoxy) is 5. The molecule has 6 aromatic carbocycles. The van der Waals surface area contributed by atoms with E-state index in [1.807, 2.05) is 39.0 Å². The molecule has 0 bridgehead atoms. The van der Waals surface area contributed by atoms with E-state index < -0.39 is 89.0 Å². The number of aliphatic carboxylic acids is 1. The summed E-state index contributed by atoms with van der Waals surface area (Å²) in [7, 11) is 0. The Balaban J connectivity index is 0.000000216. The van der Waals surface area contributed by atoms with E-state index in [1.54, 1.807) is 82.8 Å². The molecule has 9 aromatic rings. The third-order valence-electron chi connectivity index (χ3n) is 14.1. The van der Waals surface area contributed by atoms with Gasteiger partial charge in [-0.05, 0) is 175 Å². The lowest BCUT2D eigenvalue weighted by Crippen LogP contribution is -2.14. The minimum atomic E-state index is -4.93. The second-order valence-electron chi connectivity index (χ2n) is 21.9. The molecule has 0 aliphatic rings. The molecule has 0 aliphatic heterocycles. The number of thiazole rings is 3. The summed E-state index contributed by atoms with van der Waals surface area (Å²) in [6.45, 7) is 13.7. The normalized spacial score (nSPS) is 11.9. The van der Waals surface area contributed by atoms with Gasteiger partial charge in [-0.1, -0.05) is 6.07 Å². The number of hydrogen-bond donors (Lipinski definition) is 1. The number of benzene rings is 6. The van der Waals surface area contributed by atoms with Gasteiger partial charge >= 0.3 is 48.8 Å². The van der Waals surface area contributed by atoms with E-state index >= 15 is 0 Å². The number of thioether (sulfide) groups is 3. The van der Waals surface area contributed by atoms with Crippen LogP contribution in [0.1, 0.15) is 90.1 Å². The maximum Gasteiger partial charge on any atom is 0.419 e. The Bertz CT molecular complexity index is 4410. The average Bonchev–Trinajstić information content (AvgIpc) is 1.79. The molecule has 0 saturated carbocycles. The van der Waals surface area contributed by atoms with Gasteiger partial charge in [0.25, 0.3) is 0 Å². The fraction of sp³-hybridized carbons (Fsp3) is 0.304. The van der Waals surface area contributed by atoms with Gasteiger partial charge in [-0.2, -0.15) is 65.9 Å². The van der Waals surface area contributed by atoms with Crippen LogP contribution in [0.5, 0.6) is 17.2 Å². The third-order valence-corrected chi connectivity index (χ3v) is 21.3. The van der Waals surface area contributed by atoms with Crippen molar-refractivity contribution in [1.29, 1.82) is 0 Å². The lowest BCUT2D eigenvalue weighted by Gasteiger charge is -2.13. The zero-order chi connectivity index (χ0) is 76.1. The smallest absolute Gasteiger partial charge is 0.419 e. The second-order valence-corrected chi connectivity index (χ2v) is 28.3. The van der Waals surface area contributed by atoms with Crippen molar-refractivity contribution in [3.63, 3.8) is 0 Å². The van der Waals surface area contributed by atoms with Crippen LogP contribution in [0.4, 0.5) is 70.2 Å². The molecule has 0 spiro atoms. The van der Waals surface area contributed by atoms with Gasteiger partial charge in [-0.15, -0.1) is 69.3 Å². The predicted molar refractivity (Wildman–Crippen MR) is 361 cm³/mol.